The molecule has 1 aliphatic rings. The van der Waals surface area contributed by atoms with Crippen molar-refractivity contribution in [1.82, 2.24) is 0 Å². The van der Waals surface area contributed by atoms with Gasteiger partial charge in [0, 0.05) is 20.8 Å². The number of carbonyl (C=O) groups excluding carboxylic acids is 3. The van der Waals surface area contributed by atoms with Crippen LogP contribution in [0.3, 0.4) is 0 Å². The maximum absolute atomic E-state index is 12.6. The molecule has 0 atom stereocenters. The van der Waals surface area contributed by atoms with Gasteiger partial charge in [0.15, 0.2) is 23.0 Å². The van der Waals surface area contributed by atoms with Crippen molar-refractivity contribution in [3.05, 3.63) is 48.5 Å². The molecule has 0 N–H and O–H groups in total. The molecular weight excluding hydrogens is 661 g/mol. The molecule has 12 heteroatoms. The van der Waals surface area contributed by atoms with Crippen molar-refractivity contribution in [3.63, 3.8) is 0 Å². The predicted octanol–water partition coefficient (Wildman–Crippen LogP) is 9.26. The minimum atomic E-state index is -2.14. The van der Waals surface area contributed by atoms with Crippen molar-refractivity contribution < 1.29 is 46.9 Å². The molecule has 0 saturated carbocycles. The monoisotopic (exact) mass is 708 g/mol. The minimum Gasteiger partial charge on any atom is -0.544 e. The highest BCUT2D eigenvalue weighted by Crippen LogP contribution is 2.59. The van der Waals surface area contributed by atoms with E-state index in [0.717, 1.165) is 0 Å². The van der Waals surface area contributed by atoms with Gasteiger partial charge in [-0.15, -0.1) is 0 Å². The van der Waals surface area contributed by atoms with Gasteiger partial charge in [0.2, 0.25) is 16.6 Å². The van der Waals surface area contributed by atoms with Gasteiger partial charge in [0.05, 0.1) is 11.1 Å². The Hall–Kier alpha value is -4.30. The van der Waals surface area contributed by atoms with Crippen LogP contribution < -0.4 is 27.8 Å². The first-order chi connectivity index (χ1) is 22.5. The Labute approximate surface area is 291 Å². The van der Waals surface area contributed by atoms with Crippen LogP contribution in [-0.4, -0.2) is 41.0 Å². The van der Waals surface area contributed by atoms with Gasteiger partial charge in [-0.1, -0.05) is 65.8 Å². The fraction of sp³-hybridized carbons (Fsp3) is 0.432. The Morgan fingerprint density at radius 3 is 1.16 bits per heavy atom. The molecule has 0 aliphatic carbocycles. The zero-order valence-corrected chi connectivity index (χ0v) is 32.8. The summed E-state index contributed by atoms with van der Waals surface area (Å²) in [5.41, 5.74) is 1.61. The normalized spacial score (nSPS) is 13.5. The summed E-state index contributed by atoms with van der Waals surface area (Å²) in [4.78, 5) is 37.2. The van der Waals surface area contributed by atoms with Crippen LogP contribution in [0.2, 0.25) is 36.3 Å². The molecule has 0 aromatic heterocycles. The standard InChI is InChI=1S/C37H48O10Si2/c1-22(38)41-31-29(25-14-18-27(19-15-25)46-48(10,11)36(4,5)6)33-34(45-35(44-33)43-24(3)40)30(32(31)42-23(2)39)26-16-20-28(21-17-26)47-49(12,13)37(7,8)9/h14-21,35H,1-13H3. The summed E-state index contributed by atoms with van der Waals surface area (Å²) < 4.78 is 42.1. The number of esters is 3. The number of hydrogen-bond acceptors (Lipinski definition) is 10. The summed E-state index contributed by atoms with van der Waals surface area (Å²) in [6, 6.07) is 14.4. The second-order valence-electron chi connectivity index (χ2n) is 15.2. The molecule has 0 spiro atoms. The van der Waals surface area contributed by atoms with Gasteiger partial charge < -0.3 is 32.5 Å². The topological polar surface area (TPSA) is 116 Å². The van der Waals surface area contributed by atoms with E-state index < -0.39 is 41.0 Å². The van der Waals surface area contributed by atoms with E-state index in [1.54, 1.807) is 24.3 Å². The third-order valence-corrected chi connectivity index (χ3v) is 17.9. The van der Waals surface area contributed by atoms with Crippen molar-refractivity contribution in [2.75, 3.05) is 0 Å². The van der Waals surface area contributed by atoms with Crippen LogP contribution in [0.5, 0.6) is 34.5 Å². The van der Waals surface area contributed by atoms with Crippen molar-refractivity contribution >= 4 is 34.5 Å². The van der Waals surface area contributed by atoms with Gasteiger partial charge in [-0.2, -0.15) is 0 Å². The molecule has 0 bridgehead atoms. The van der Waals surface area contributed by atoms with E-state index in [-0.39, 0.29) is 44.2 Å². The molecule has 0 saturated heterocycles. The van der Waals surface area contributed by atoms with E-state index in [4.69, 9.17) is 32.5 Å². The molecule has 0 amide bonds. The average Bonchev–Trinajstić information content (AvgIpc) is 3.34. The Balaban J connectivity index is 1.96. The fourth-order valence-corrected chi connectivity index (χ4v) is 6.63. The SMILES string of the molecule is CC(=O)Oc1c(OC(C)=O)c(-c2ccc(O[Si](C)(C)C(C)(C)C)cc2)c2c(c1-c1ccc(O[Si](C)(C)C(C)(C)C)cc1)OC(OC(C)=O)O2. The number of carbonyl (C=O) groups is 3. The van der Waals surface area contributed by atoms with Gasteiger partial charge in [-0.05, 0) is 71.7 Å². The van der Waals surface area contributed by atoms with Gasteiger partial charge in [0.1, 0.15) is 11.5 Å². The molecule has 3 aromatic rings. The quantitative estimate of drug-likeness (QED) is 0.121. The van der Waals surface area contributed by atoms with Crippen LogP contribution >= 0.6 is 0 Å². The Morgan fingerprint density at radius 1 is 0.571 bits per heavy atom. The maximum atomic E-state index is 12.6. The van der Waals surface area contributed by atoms with Crippen molar-refractivity contribution in [1.29, 1.82) is 0 Å². The molecule has 10 nitrogen and oxygen atoms in total. The zero-order chi connectivity index (χ0) is 36.7. The third-order valence-electron chi connectivity index (χ3n) is 9.15. The lowest BCUT2D eigenvalue weighted by molar-refractivity contribution is -0.192. The number of ether oxygens (including phenoxy) is 5. The predicted molar refractivity (Wildman–Crippen MR) is 192 cm³/mol. The zero-order valence-electron chi connectivity index (χ0n) is 30.8. The lowest BCUT2D eigenvalue weighted by atomic mass is 9.95. The number of fused-ring (bicyclic) bond motifs is 1. The Kier molecular flexibility index (Phi) is 10.4. The van der Waals surface area contributed by atoms with Crippen LogP contribution in [0, 0.1) is 0 Å². The summed E-state index contributed by atoms with van der Waals surface area (Å²) >= 11 is 0. The summed E-state index contributed by atoms with van der Waals surface area (Å²) in [5.74, 6) is -0.479. The van der Waals surface area contributed by atoms with E-state index in [1.165, 1.54) is 20.8 Å². The lowest BCUT2D eigenvalue weighted by Crippen LogP contribution is -2.43. The van der Waals surface area contributed by atoms with Crippen molar-refractivity contribution in [3.8, 4) is 56.8 Å². The Bertz CT molecular complexity index is 1610. The average molecular weight is 709 g/mol. The maximum Gasteiger partial charge on any atom is 0.409 e. The number of benzene rings is 3. The molecule has 0 radical (unpaired) electrons. The largest absolute Gasteiger partial charge is 0.544 e. The van der Waals surface area contributed by atoms with Crippen molar-refractivity contribution in [2.24, 2.45) is 0 Å². The van der Waals surface area contributed by atoms with Crippen molar-refractivity contribution in [2.45, 2.75) is 105 Å². The van der Waals surface area contributed by atoms with Gasteiger partial charge in [-0.25, -0.2) is 0 Å². The lowest BCUT2D eigenvalue weighted by Gasteiger charge is -2.36. The fourth-order valence-electron chi connectivity index (χ4n) is 4.57. The summed E-state index contributed by atoms with van der Waals surface area (Å²) in [6.45, 7) is 23.8. The first-order valence-corrected chi connectivity index (χ1v) is 22.0. The number of rotatable bonds is 9. The summed E-state index contributed by atoms with van der Waals surface area (Å²) in [7, 11) is -4.29. The van der Waals surface area contributed by atoms with Crippen LogP contribution in [0.4, 0.5) is 0 Å². The molecule has 1 heterocycles. The molecule has 4 rings (SSSR count). The highest BCUT2D eigenvalue weighted by atomic mass is 28.4. The molecule has 3 aromatic carbocycles. The van der Waals surface area contributed by atoms with Crippen LogP contribution in [-0.2, 0) is 19.1 Å². The van der Waals surface area contributed by atoms with Crippen LogP contribution in [0.1, 0.15) is 62.3 Å². The van der Waals surface area contributed by atoms with E-state index in [2.05, 4.69) is 67.7 Å². The minimum absolute atomic E-state index is 0.0181. The third kappa shape index (κ3) is 8.30. The first kappa shape index (κ1) is 37.5. The first-order valence-electron chi connectivity index (χ1n) is 16.2. The highest BCUT2D eigenvalue weighted by molar-refractivity contribution is 6.75. The van der Waals surface area contributed by atoms with Gasteiger partial charge >= 0.3 is 24.4 Å². The summed E-state index contributed by atoms with van der Waals surface area (Å²) in [6.07, 6.45) is 0. The Morgan fingerprint density at radius 2 is 0.898 bits per heavy atom. The van der Waals surface area contributed by atoms with E-state index in [1.807, 2.05) is 24.3 Å². The van der Waals surface area contributed by atoms with E-state index in [9.17, 15) is 14.4 Å². The highest BCUT2D eigenvalue weighted by Gasteiger charge is 2.42. The second kappa shape index (κ2) is 13.5. The second-order valence-corrected chi connectivity index (χ2v) is 24.6. The molecule has 1 aliphatic heterocycles. The smallest absolute Gasteiger partial charge is 0.409 e. The van der Waals surface area contributed by atoms with E-state index in [0.29, 0.717) is 22.6 Å². The number of hydrogen-bond donors (Lipinski definition) is 0. The van der Waals surface area contributed by atoms with Gasteiger partial charge in [0.25, 0.3) is 0 Å². The van der Waals surface area contributed by atoms with Gasteiger partial charge in [-0.3, -0.25) is 14.4 Å². The molecule has 264 valence electrons. The molecular formula is C37H48O10Si2. The molecule has 49 heavy (non-hydrogen) atoms. The summed E-state index contributed by atoms with van der Waals surface area (Å²) in [5, 5.41) is -0.0363. The molecule has 0 fully saturated rings. The van der Waals surface area contributed by atoms with E-state index >= 15 is 0 Å². The van der Waals surface area contributed by atoms with Crippen LogP contribution in [0.15, 0.2) is 48.5 Å². The van der Waals surface area contributed by atoms with Crippen LogP contribution in [0.25, 0.3) is 22.3 Å². The molecule has 0 unspecified atom stereocenters.